The van der Waals surface area contributed by atoms with Crippen molar-refractivity contribution in [1.82, 2.24) is 0 Å². The second-order valence-electron chi connectivity index (χ2n) is 6.93. The fraction of sp³-hybridized carbons (Fsp3) is 0.524. The molecule has 1 fully saturated rings. The lowest BCUT2D eigenvalue weighted by molar-refractivity contribution is -0.175. The minimum atomic E-state index is -1.57. The second-order valence-corrected chi connectivity index (χ2v) is 7.79. The molecule has 0 bridgehead atoms. The maximum absolute atomic E-state index is 13.0. The molecule has 0 amide bonds. The summed E-state index contributed by atoms with van der Waals surface area (Å²) in [7, 11) is 2.54. The van der Waals surface area contributed by atoms with E-state index in [1.807, 2.05) is 31.2 Å². The fourth-order valence-electron chi connectivity index (χ4n) is 3.65. The van der Waals surface area contributed by atoms with Gasteiger partial charge in [0, 0.05) is 23.2 Å². The van der Waals surface area contributed by atoms with Crippen LogP contribution >= 0.6 is 15.9 Å². The lowest BCUT2D eigenvalue weighted by atomic mass is 9.69. The van der Waals surface area contributed by atoms with Crippen LogP contribution in [0.1, 0.15) is 25.3 Å². The molecule has 1 atom stereocenters. The Morgan fingerprint density at radius 3 is 2.32 bits per heavy atom. The van der Waals surface area contributed by atoms with Crippen molar-refractivity contribution in [1.29, 1.82) is 0 Å². The van der Waals surface area contributed by atoms with Gasteiger partial charge in [-0.2, -0.15) is 0 Å². The molecule has 1 aliphatic heterocycles. The van der Waals surface area contributed by atoms with E-state index in [0.29, 0.717) is 26.1 Å². The van der Waals surface area contributed by atoms with Gasteiger partial charge in [-0.3, -0.25) is 9.59 Å². The standard InChI is InChI=1S/C21H27BrO6/c1-5-16(10-11-20(2)27-12-13-28-20)21(18(23)25-3,19(24)26-4)14-15-8-6-7-9-17(15)22/h5-9,16H,1,10-14H2,2-4H3. The summed E-state index contributed by atoms with van der Waals surface area (Å²) in [6.45, 7) is 6.77. The number of hydrogen-bond donors (Lipinski definition) is 0. The predicted octanol–water partition coefficient (Wildman–Crippen LogP) is 3.67. The van der Waals surface area contributed by atoms with Gasteiger partial charge in [0.2, 0.25) is 0 Å². The highest BCUT2D eigenvalue weighted by molar-refractivity contribution is 9.10. The number of carbonyl (C=O) groups excluding carboxylic acids is 2. The number of allylic oxidation sites excluding steroid dienone is 1. The Labute approximate surface area is 174 Å². The van der Waals surface area contributed by atoms with Gasteiger partial charge in [-0.15, -0.1) is 6.58 Å². The van der Waals surface area contributed by atoms with E-state index in [-0.39, 0.29) is 6.42 Å². The third-order valence-corrected chi connectivity index (χ3v) is 6.03. The Bertz CT molecular complexity index is 695. The van der Waals surface area contributed by atoms with Crippen molar-refractivity contribution in [2.24, 2.45) is 11.3 Å². The Morgan fingerprint density at radius 1 is 1.25 bits per heavy atom. The number of methoxy groups -OCH3 is 2. The van der Waals surface area contributed by atoms with Gasteiger partial charge in [-0.05, 0) is 25.0 Å². The van der Waals surface area contributed by atoms with Crippen LogP contribution in [0.2, 0.25) is 0 Å². The summed E-state index contributed by atoms with van der Waals surface area (Å²) in [4.78, 5) is 26.0. The molecule has 2 rings (SSSR count). The molecule has 7 heteroatoms. The van der Waals surface area contributed by atoms with Crippen LogP contribution in [0.25, 0.3) is 0 Å². The van der Waals surface area contributed by atoms with E-state index in [0.717, 1.165) is 10.0 Å². The molecule has 0 N–H and O–H groups in total. The zero-order valence-electron chi connectivity index (χ0n) is 16.5. The second kappa shape index (κ2) is 9.67. The Morgan fingerprint density at radius 2 is 1.82 bits per heavy atom. The van der Waals surface area contributed by atoms with Crippen molar-refractivity contribution in [2.45, 2.75) is 32.0 Å². The molecule has 1 aromatic carbocycles. The fourth-order valence-corrected chi connectivity index (χ4v) is 4.08. The van der Waals surface area contributed by atoms with Crippen LogP contribution in [0.4, 0.5) is 0 Å². The third kappa shape index (κ3) is 4.64. The summed E-state index contributed by atoms with van der Waals surface area (Å²) in [6.07, 6.45) is 2.66. The maximum Gasteiger partial charge on any atom is 0.324 e. The number of halogens is 1. The van der Waals surface area contributed by atoms with Crippen molar-refractivity contribution in [3.63, 3.8) is 0 Å². The number of esters is 2. The molecule has 6 nitrogen and oxygen atoms in total. The molecule has 28 heavy (non-hydrogen) atoms. The molecule has 0 spiro atoms. The largest absolute Gasteiger partial charge is 0.468 e. The SMILES string of the molecule is C=CC(CCC1(C)OCCO1)C(Cc1ccccc1Br)(C(=O)OC)C(=O)OC. The quantitative estimate of drug-likeness (QED) is 0.322. The number of carbonyl (C=O) groups is 2. The van der Waals surface area contributed by atoms with E-state index >= 15 is 0 Å². The molecule has 1 heterocycles. The number of hydrogen-bond acceptors (Lipinski definition) is 6. The minimum absolute atomic E-state index is 0.114. The van der Waals surface area contributed by atoms with Crippen LogP contribution in [0, 0.1) is 11.3 Å². The summed E-state index contributed by atoms with van der Waals surface area (Å²) in [5.74, 6) is -2.59. The summed E-state index contributed by atoms with van der Waals surface area (Å²) in [5, 5.41) is 0. The summed E-state index contributed by atoms with van der Waals surface area (Å²) in [5.41, 5.74) is -0.769. The van der Waals surface area contributed by atoms with Crippen LogP contribution in [-0.4, -0.2) is 45.2 Å². The number of rotatable bonds is 9. The van der Waals surface area contributed by atoms with Gasteiger partial charge in [0.25, 0.3) is 0 Å². The van der Waals surface area contributed by atoms with Crippen molar-refractivity contribution in [2.75, 3.05) is 27.4 Å². The first kappa shape index (κ1) is 22.6. The molecular formula is C21H27BrO6. The van der Waals surface area contributed by atoms with Crippen LogP contribution < -0.4 is 0 Å². The van der Waals surface area contributed by atoms with Crippen LogP contribution in [-0.2, 0) is 35.0 Å². The highest BCUT2D eigenvalue weighted by Crippen LogP contribution is 2.41. The topological polar surface area (TPSA) is 71.1 Å². The van der Waals surface area contributed by atoms with Crippen LogP contribution in [0.15, 0.2) is 41.4 Å². The van der Waals surface area contributed by atoms with Crippen LogP contribution in [0.3, 0.4) is 0 Å². The third-order valence-electron chi connectivity index (χ3n) is 5.25. The first-order valence-corrected chi connectivity index (χ1v) is 9.93. The summed E-state index contributed by atoms with van der Waals surface area (Å²) in [6, 6.07) is 7.43. The molecule has 1 saturated heterocycles. The van der Waals surface area contributed by atoms with E-state index in [1.54, 1.807) is 6.08 Å². The number of benzene rings is 1. The zero-order valence-corrected chi connectivity index (χ0v) is 18.1. The Balaban J connectivity index is 2.44. The molecule has 0 aromatic heterocycles. The van der Waals surface area contributed by atoms with Crippen molar-refractivity contribution >= 4 is 27.9 Å². The highest BCUT2D eigenvalue weighted by Gasteiger charge is 2.54. The van der Waals surface area contributed by atoms with Gasteiger partial charge < -0.3 is 18.9 Å². The molecule has 1 aromatic rings. The molecule has 0 aliphatic carbocycles. The molecule has 1 aliphatic rings. The van der Waals surface area contributed by atoms with Crippen molar-refractivity contribution in [3.8, 4) is 0 Å². The lowest BCUT2D eigenvalue weighted by Crippen LogP contribution is -2.49. The number of ether oxygens (including phenoxy) is 4. The van der Waals surface area contributed by atoms with Crippen molar-refractivity contribution in [3.05, 3.63) is 47.0 Å². The average Bonchev–Trinajstić information content (AvgIpc) is 3.14. The highest BCUT2D eigenvalue weighted by atomic mass is 79.9. The van der Waals surface area contributed by atoms with E-state index in [4.69, 9.17) is 18.9 Å². The zero-order chi connectivity index (χ0) is 20.8. The van der Waals surface area contributed by atoms with Gasteiger partial charge in [-0.25, -0.2) is 0 Å². The summed E-state index contributed by atoms with van der Waals surface area (Å²) < 4.78 is 22.3. The van der Waals surface area contributed by atoms with E-state index in [9.17, 15) is 9.59 Å². The molecule has 154 valence electrons. The Kier molecular flexibility index (Phi) is 7.80. The van der Waals surface area contributed by atoms with Gasteiger partial charge in [0.1, 0.15) is 0 Å². The van der Waals surface area contributed by atoms with Crippen molar-refractivity contribution < 1.29 is 28.5 Å². The molecule has 0 radical (unpaired) electrons. The van der Waals surface area contributed by atoms with Gasteiger partial charge >= 0.3 is 11.9 Å². The van der Waals surface area contributed by atoms with Gasteiger partial charge in [0.05, 0.1) is 27.4 Å². The van der Waals surface area contributed by atoms with E-state index < -0.39 is 29.1 Å². The lowest BCUT2D eigenvalue weighted by Gasteiger charge is -2.36. The smallest absolute Gasteiger partial charge is 0.324 e. The van der Waals surface area contributed by atoms with Crippen LogP contribution in [0.5, 0.6) is 0 Å². The first-order chi connectivity index (χ1) is 13.3. The molecule has 1 unspecified atom stereocenters. The van der Waals surface area contributed by atoms with E-state index in [1.165, 1.54) is 14.2 Å². The molecule has 0 saturated carbocycles. The normalized spacial score (nSPS) is 17.0. The van der Waals surface area contributed by atoms with Gasteiger partial charge in [0.15, 0.2) is 11.2 Å². The minimum Gasteiger partial charge on any atom is -0.468 e. The predicted molar refractivity (Wildman–Crippen MR) is 108 cm³/mol. The Hall–Kier alpha value is -1.70. The summed E-state index contributed by atoms with van der Waals surface area (Å²) >= 11 is 3.49. The monoisotopic (exact) mass is 454 g/mol. The first-order valence-electron chi connectivity index (χ1n) is 9.13. The average molecular weight is 455 g/mol. The van der Waals surface area contributed by atoms with Gasteiger partial charge in [-0.1, -0.05) is 40.2 Å². The molecular weight excluding hydrogens is 428 g/mol. The van der Waals surface area contributed by atoms with E-state index in [2.05, 4.69) is 22.5 Å². The maximum atomic E-state index is 13.0.